The molecule has 1 heterocycles. The van der Waals surface area contributed by atoms with Crippen LogP contribution in [0.1, 0.15) is 31.5 Å². The van der Waals surface area contributed by atoms with Gasteiger partial charge in [-0.1, -0.05) is 18.6 Å². The summed E-state index contributed by atoms with van der Waals surface area (Å²) in [6.45, 7) is 1.87. The van der Waals surface area contributed by atoms with Gasteiger partial charge in [0.25, 0.3) is 0 Å². The van der Waals surface area contributed by atoms with E-state index in [1.54, 1.807) is 0 Å². The van der Waals surface area contributed by atoms with Gasteiger partial charge in [-0.05, 0) is 6.42 Å². The topological polar surface area (TPSA) is 56.7 Å². The van der Waals surface area contributed by atoms with Crippen molar-refractivity contribution in [3.05, 3.63) is 41.0 Å². The van der Waals surface area contributed by atoms with Gasteiger partial charge in [0.2, 0.25) is 5.82 Å². The van der Waals surface area contributed by atoms with Gasteiger partial charge in [0.1, 0.15) is 5.69 Å². The third-order valence-electron chi connectivity index (χ3n) is 2.91. The Morgan fingerprint density at radius 2 is 1.57 bits per heavy atom. The van der Waals surface area contributed by atoms with Gasteiger partial charge in [-0.15, -0.1) is 5.10 Å². The third kappa shape index (κ3) is 2.60. The number of nitrogens with two attached hydrogens (primary N) is 1. The van der Waals surface area contributed by atoms with Crippen molar-refractivity contribution in [2.75, 3.05) is 0 Å². The minimum Gasteiger partial charge on any atom is -0.323 e. The van der Waals surface area contributed by atoms with Gasteiger partial charge < -0.3 is 5.73 Å². The summed E-state index contributed by atoms with van der Waals surface area (Å²) >= 11 is 0. The molecule has 114 valence electrons. The molecule has 1 aromatic heterocycles. The number of halogens is 5. The summed E-state index contributed by atoms with van der Waals surface area (Å²) in [5.74, 6) is -10.3. The van der Waals surface area contributed by atoms with Crippen molar-refractivity contribution in [1.29, 1.82) is 0 Å². The molecule has 1 atom stereocenters. The zero-order valence-electron chi connectivity index (χ0n) is 10.9. The first-order valence-electron chi connectivity index (χ1n) is 6.08. The van der Waals surface area contributed by atoms with Crippen LogP contribution in [0.4, 0.5) is 22.0 Å². The van der Waals surface area contributed by atoms with Gasteiger partial charge >= 0.3 is 0 Å². The lowest BCUT2D eigenvalue weighted by Crippen LogP contribution is -2.11. The van der Waals surface area contributed by atoms with Crippen LogP contribution in [0, 0.1) is 29.1 Å². The molecule has 0 fully saturated rings. The SMILES string of the molecule is CCCC(N)c1cn(-c2c(F)c(F)c(F)c(F)c2F)nn1. The predicted molar refractivity (Wildman–Crippen MR) is 63.0 cm³/mol. The molecule has 0 aliphatic heterocycles. The molecule has 0 aliphatic carbocycles. The van der Waals surface area contributed by atoms with Crippen molar-refractivity contribution in [3.8, 4) is 5.69 Å². The largest absolute Gasteiger partial charge is 0.323 e. The molecule has 1 aromatic carbocycles. The zero-order chi connectivity index (χ0) is 15.7. The van der Waals surface area contributed by atoms with E-state index in [0.29, 0.717) is 11.1 Å². The van der Waals surface area contributed by atoms with E-state index in [0.717, 1.165) is 12.6 Å². The van der Waals surface area contributed by atoms with Crippen LogP contribution in [-0.2, 0) is 0 Å². The number of rotatable bonds is 4. The van der Waals surface area contributed by atoms with Gasteiger partial charge in [0.05, 0.1) is 17.9 Å². The molecule has 0 amide bonds. The van der Waals surface area contributed by atoms with Crippen molar-refractivity contribution in [3.63, 3.8) is 0 Å². The number of hydrogen-bond acceptors (Lipinski definition) is 3. The van der Waals surface area contributed by atoms with Gasteiger partial charge in [-0.2, -0.15) is 0 Å². The Balaban J connectivity index is 2.53. The third-order valence-corrected chi connectivity index (χ3v) is 2.91. The lowest BCUT2D eigenvalue weighted by Gasteiger charge is -2.07. The summed E-state index contributed by atoms with van der Waals surface area (Å²) in [5.41, 5.74) is 4.75. The van der Waals surface area contributed by atoms with E-state index in [4.69, 9.17) is 5.73 Å². The summed E-state index contributed by atoms with van der Waals surface area (Å²) < 4.78 is 66.9. The van der Waals surface area contributed by atoms with Crippen LogP contribution < -0.4 is 5.73 Å². The number of hydrogen-bond donors (Lipinski definition) is 1. The second-order valence-corrected chi connectivity index (χ2v) is 4.40. The van der Waals surface area contributed by atoms with Gasteiger partial charge in [0.15, 0.2) is 23.3 Å². The van der Waals surface area contributed by atoms with Crippen molar-refractivity contribution in [2.45, 2.75) is 25.8 Å². The molecule has 0 saturated heterocycles. The zero-order valence-corrected chi connectivity index (χ0v) is 10.9. The average Bonchev–Trinajstić information content (AvgIpc) is 2.93. The summed E-state index contributed by atoms with van der Waals surface area (Å²) in [5, 5.41) is 6.97. The van der Waals surface area contributed by atoms with Crippen molar-refractivity contribution < 1.29 is 22.0 Å². The van der Waals surface area contributed by atoms with Crippen LogP contribution in [0.25, 0.3) is 5.69 Å². The van der Waals surface area contributed by atoms with E-state index in [-0.39, 0.29) is 5.69 Å². The first-order chi connectivity index (χ1) is 9.88. The predicted octanol–water partition coefficient (Wildman–Crippen LogP) is 2.76. The van der Waals surface area contributed by atoms with E-state index in [9.17, 15) is 22.0 Å². The highest BCUT2D eigenvalue weighted by atomic mass is 19.2. The summed E-state index contributed by atoms with van der Waals surface area (Å²) in [6, 6.07) is -0.537. The minimum absolute atomic E-state index is 0.195. The Morgan fingerprint density at radius 1 is 1.05 bits per heavy atom. The van der Waals surface area contributed by atoms with E-state index in [2.05, 4.69) is 10.3 Å². The smallest absolute Gasteiger partial charge is 0.200 e. The molecular formula is C12H11F5N4. The summed E-state index contributed by atoms with van der Waals surface area (Å²) in [7, 11) is 0. The molecule has 2 rings (SSSR count). The molecule has 0 aliphatic rings. The fourth-order valence-corrected chi connectivity index (χ4v) is 1.81. The second-order valence-electron chi connectivity index (χ2n) is 4.40. The van der Waals surface area contributed by atoms with Crippen LogP contribution in [0.5, 0.6) is 0 Å². The molecule has 1 unspecified atom stereocenters. The molecule has 2 N–H and O–H groups in total. The Bertz CT molecular complexity index is 641. The van der Waals surface area contributed by atoms with Crippen LogP contribution in [0.3, 0.4) is 0 Å². The number of benzene rings is 1. The van der Waals surface area contributed by atoms with Crippen LogP contribution in [0.2, 0.25) is 0 Å². The Kier molecular flexibility index (Phi) is 4.21. The molecule has 0 saturated carbocycles. The molecule has 2 aromatic rings. The highest BCUT2D eigenvalue weighted by Crippen LogP contribution is 2.26. The van der Waals surface area contributed by atoms with Crippen molar-refractivity contribution >= 4 is 0 Å². The fourth-order valence-electron chi connectivity index (χ4n) is 1.81. The maximum Gasteiger partial charge on any atom is 0.200 e. The summed E-state index contributed by atoms with van der Waals surface area (Å²) in [6.07, 6.45) is 2.31. The number of aromatic nitrogens is 3. The normalized spacial score (nSPS) is 12.7. The Labute approximate surface area is 116 Å². The first-order valence-corrected chi connectivity index (χ1v) is 6.08. The van der Waals surface area contributed by atoms with E-state index >= 15 is 0 Å². The lowest BCUT2D eigenvalue weighted by atomic mass is 10.1. The van der Waals surface area contributed by atoms with Crippen LogP contribution in [0.15, 0.2) is 6.20 Å². The van der Waals surface area contributed by atoms with Crippen LogP contribution >= 0.6 is 0 Å². The highest BCUT2D eigenvalue weighted by molar-refractivity contribution is 5.36. The maximum atomic E-state index is 13.6. The molecule has 0 spiro atoms. The second kappa shape index (κ2) is 5.76. The minimum atomic E-state index is -2.23. The fraction of sp³-hybridized carbons (Fsp3) is 0.333. The molecule has 0 bridgehead atoms. The van der Waals surface area contributed by atoms with E-state index in [1.165, 1.54) is 0 Å². The quantitative estimate of drug-likeness (QED) is 0.537. The molecule has 0 radical (unpaired) electrons. The van der Waals surface area contributed by atoms with Crippen molar-refractivity contribution in [1.82, 2.24) is 15.0 Å². The molecule has 9 heteroatoms. The van der Waals surface area contributed by atoms with Gasteiger partial charge in [-0.25, -0.2) is 26.6 Å². The number of nitrogens with zero attached hydrogens (tertiary/aromatic N) is 3. The van der Waals surface area contributed by atoms with Crippen LogP contribution in [-0.4, -0.2) is 15.0 Å². The lowest BCUT2D eigenvalue weighted by molar-refractivity contribution is 0.373. The van der Waals surface area contributed by atoms with Gasteiger partial charge in [-0.3, -0.25) is 0 Å². The monoisotopic (exact) mass is 306 g/mol. The Hall–Kier alpha value is -2.03. The van der Waals surface area contributed by atoms with E-state index < -0.39 is 40.8 Å². The summed E-state index contributed by atoms with van der Waals surface area (Å²) in [4.78, 5) is 0. The highest BCUT2D eigenvalue weighted by Gasteiger charge is 2.27. The Morgan fingerprint density at radius 3 is 2.10 bits per heavy atom. The molecular weight excluding hydrogens is 295 g/mol. The van der Waals surface area contributed by atoms with Crippen molar-refractivity contribution in [2.24, 2.45) is 5.73 Å². The molecule has 4 nitrogen and oxygen atoms in total. The average molecular weight is 306 g/mol. The van der Waals surface area contributed by atoms with Gasteiger partial charge in [0, 0.05) is 0 Å². The maximum absolute atomic E-state index is 13.6. The standard InChI is InChI=1S/C12H11F5N4/c1-2-3-5(18)6-4-21(20-19-6)12-10(16)8(14)7(13)9(15)11(12)17/h4-5H,2-3,18H2,1H3. The molecule has 21 heavy (non-hydrogen) atoms. The first kappa shape index (κ1) is 15.4. The van der Waals surface area contributed by atoms with E-state index in [1.807, 2.05) is 6.92 Å².